The third-order valence-corrected chi connectivity index (χ3v) is 7.26. The van der Waals surface area contributed by atoms with E-state index in [0.717, 1.165) is 31.1 Å². The summed E-state index contributed by atoms with van der Waals surface area (Å²) in [6.45, 7) is 36.6. The summed E-state index contributed by atoms with van der Waals surface area (Å²) in [6.07, 6.45) is 11.4. The fourth-order valence-electron chi connectivity index (χ4n) is 5.10. The van der Waals surface area contributed by atoms with E-state index in [1.54, 1.807) is 30.6 Å². The third-order valence-electron chi connectivity index (χ3n) is 7.26. The van der Waals surface area contributed by atoms with Crippen molar-refractivity contribution >= 4 is 0 Å². The molecule has 62 heavy (non-hydrogen) atoms. The van der Waals surface area contributed by atoms with Crippen LogP contribution < -0.4 is 9.47 Å². The van der Waals surface area contributed by atoms with Crippen LogP contribution in [0, 0.1) is 50.3 Å². The van der Waals surface area contributed by atoms with E-state index >= 15 is 0 Å². The molecule has 10 nitrogen and oxygen atoms in total. The number of rotatable bonds is 12. The van der Waals surface area contributed by atoms with E-state index in [0.29, 0.717) is 23.5 Å². The van der Waals surface area contributed by atoms with Gasteiger partial charge in [0.25, 0.3) is 0 Å². The number of hydrogen-bond acceptors (Lipinski definition) is 6. The van der Waals surface area contributed by atoms with Gasteiger partial charge in [-0.05, 0) is 132 Å². The number of ether oxygens (including phenoxy) is 2. The highest BCUT2D eigenvalue weighted by Gasteiger charge is 2.02. The Labute approximate surface area is 378 Å². The largest absolute Gasteiger partial charge is 0.491 e. The molecule has 0 aliphatic heterocycles. The molecule has 0 bridgehead atoms. The Balaban J connectivity index is 0.000000739. The first-order valence-corrected chi connectivity index (χ1v) is 22.2. The summed E-state index contributed by atoms with van der Waals surface area (Å²) in [7, 11) is 0. The van der Waals surface area contributed by atoms with Crippen LogP contribution in [0.3, 0.4) is 0 Å². The van der Waals surface area contributed by atoms with E-state index in [4.69, 9.17) is 12.2 Å². The second-order valence-corrected chi connectivity index (χ2v) is 16.6. The summed E-state index contributed by atoms with van der Waals surface area (Å²) in [6, 6.07) is 21.6. The van der Waals surface area contributed by atoms with Gasteiger partial charge in [-0.2, -0.15) is 20.4 Å². The molecule has 6 rings (SSSR count). The smallest absolute Gasteiger partial charge is 0.123 e. The highest BCUT2D eigenvalue weighted by molar-refractivity contribution is 5.22. The molecule has 4 heterocycles. The van der Waals surface area contributed by atoms with Crippen LogP contribution in [-0.2, 0) is 26.1 Å². The van der Waals surface area contributed by atoms with E-state index in [-0.39, 0.29) is 23.9 Å². The molecule has 0 amide bonds. The number of nitrogens with zero attached hydrogens (tertiary/aromatic N) is 8. The quantitative estimate of drug-likeness (QED) is 0.122. The maximum absolute atomic E-state index is 12.4. The number of para-hydroxylation sites is 1. The van der Waals surface area contributed by atoms with Crippen LogP contribution in [0.25, 0.3) is 0 Å². The Bertz CT molecular complexity index is 1960. The highest BCUT2D eigenvalue weighted by atomic mass is 19.1. The first-order chi connectivity index (χ1) is 30.1. The summed E-state index contributed by atoms with van der Waals surface area (Å²) < 4.78 is 45.6. The summed E-state index contributed by atoms with van der Waals surface area (Å²) in [5, 5.41) is 16.5. The molecule has 0 unspecified atom stereocenters. The molecule has 0 saturated carbocycles. The molecule has 0 aliphatic carbocycles. The Morgan fingerprint density at radius 1 is 0.581 bits per heavy atom. The predicted molar refractivity (Wildman–Crippen MR) is 258 cm³/mol. The standard InChI is InChI=1S/C9H11FO.C9H16N2.C9H12O.C8H14N2.2C7H12N2.C2H6/c1-7(2)11-9-5-3-8(10)4-6-9;1-7(2)6-11-9(4)5-8(3)10-11;1-8(2)10-9-6-4-3-5-7-9;1-7(2)5-10-6-8(3)4-9-10;2*1-7(2)6-9-5-3-4-8-9;1-2/h3-7H,1-2H3;5,7H,6H2,1-4H3;3-8H,1-2H3;4,6-7H,5H2,1-3H3;2*3-5,7H,6H2,1-2H3;1-2H3/i;;;;6D2;;. The first kappa shape index (κ1) is 52.9. The molecular formula is C51H83FN8O2. The lowest BCUT2D eigenvalue weighted by Crippen LogP contribution is -2.07. The molecule has 2 aromatic carbocycles. The van der Waals surface area contributed by atoms with Gasteiger partial charge in [-0.15, -0.1) is 0 Å². The first-order valence-electron chi connectivity index (χ1n) is 23.2. The van der Waals surface area contributed by atoms with Gasteiger partial charge >= 0.3 is 0 Å². The van der Waals surface area contributed by atoms with Gasteiger partial charge in [0, 0.05) is 62.8 Å². The Morgan fingerprint density at radius 2 is 1.06 bits per heavy atom. The van der Waals surface area contributed by atoms with Crippen molar-refractivity contribution in [3.63, 3.8) is 0 Å². The SMILES string of the molecule is CC.CC(C)Cn1cccn1.CC(C)Oc1ccc(F)cc1.CC(C)Oc1ccccc1.Cc1cc(C)n(CC(C)C)n1.Cc1cnn(CC(C)C)c1.[2H]C([2H])(C(C)C)n1cccn1. The monoisotopic (exact) mass is 861 g/mol. The van der Waals surface area contributed by atoms with Gasteiger partial charge in [0.05, 0.1) is 26.8 Å². The van der Waals surface area contributed by atoms with Crippen molar-refractivity contribution in [1.29, 1.82) is 0 Å². The van der Waals surface area contributed by atoms with Gasteiger partial charge in [-0.25, -0.2) is 4.39 Å². The summed E-state index contributed by atoms with van der Waals surface area (Å²) in [5.74, 6) is 3.39. The molecule has 346 valence electrons. The van der Waals surface area contributed by atoms with Crippen LogP contribution in [-0.4, -0.2) is 51.3 Å². The number of benzene rings is 2. The average molecular weight is 861 g/mol. The molecule has 4 aromatic heterocycles. The normalized spacial score (nSPS) is 11.0. The van der Waals surface area contributed by atoms with Crippen molar-refractivity contribution in [2.45, 2.75) is 156 Å². The van der Waals surface area contributed by atoms with Crippen LogP contribution in [0.4, 0.5) is 4.39 Å². The highest BCUT2D eigenvalue weighted by Crippen LogP contribution is 2.13. The van der Waals surface area contributed by atoms with Crippen molar-refractivity contribution in [2.75, 3.05) is 0 Å². The minimum absolute atomic E-state index is 0.0672. The maximum atomic E-state index is 12.4. The van der Waals surface area contributed by atoms with Gasteiger partial charge in [-0.3, -0.25) is 18.7 Å². The van der Waals surface area contributed by atoms with Crippen molar-refractivity contribution in [3.05, 3.63) is 133 Å². The van der Waals surface area contributed by atoms with E-state index in [1.807, 2.05) is 127 Å². The van der Waals surface area contributed by atoms with E-state index < -0.39 is 6.50 Å². The molecule has 0 atom stereocenters. The molecule has 0 saturated heterocycles. The molecular weight excluding hydrogens is 776 g/mol. The number of hydrogen-bond donors (Lipinski definition) is 0. The number of aromatic nitrogens is 8. The zero-order chi connectivity index (χ0) is 48.8. The lowest BCUT2D eigenvalue weighted by Gasteiger charge is -2.08. The number of aryl methyl sites for hydroxylation is 3. The summed E-state index contributed by atoms with van der Waals surface area (Å²) >= 11 is 0. The minimum Gasteiger partial charge on any atom is -0.491 e. The Kier molecular flexibility index (Phi) is 28.6. The molecule has 0 N–H and O–H groups in total. The van der Waals surface area contributed by atoms with Gasteiger partial charge in [0.1, 0.15) is 17.3 Å². The second-order valence-electron chi connectivity index (χ2n) is 16.6. The lowest BCUT2D eigenvalue weighted by molar-refractivity contribution is 0.242. The van der Waals surface area contributed by atoms with E-state index in [2.05, 4.69) is 92.7 Å². The van der Waals surface area contributed by atoms with Crippen LogP contribution in [0.5, 0.6) is 11.5 Å². The van der Waals surface area contributed by atoms with E-state index in [9.17, 15) is 4.39 Å². The summed E-state index contributed by atoms with van der Waals surface area (Å²) in [4.78, 5) is 0. The molecule has 0 spiro atoms. The lowest BCUT2D eigenvalue weighted by atomic mass is 10.2. The number of halogens is 1. The van der Waals surface area contributed by atoms with E-state index in [1.165, 1.54) is 28.1 Å². The van der Waals surface area contributed by atoms with Crippen LogP contribution in [0.1, 0.15) is 117 Å². The fraction of sp³-hybridized carbons (Fsp3) is 0.529. The van der Waals surface area contributed by atoms with Crippen molar-refractivity contribution in [3.8, 4) is 11.5 Å². The van der Waals surface area contributed by atoms with Gasteiger partial charge in [0.15, 0.2) is 0 Å². The van der Waals surface area contributed by atoms with Crippen LogP contribution >= 0.6 is 0 Å². The van der Waals surface area contributed by atoms with Gasteiger partial charge in [0.2, 0.25) is 0 Å². The molecule has 0 aliphatic rings. The van der Waals surface area contributed by atoms with Gasteiger partial charge in [-0.1, -0.05) is 87.4 Å². The van der Waals surface area contributed by atoms with Crippen molar-refractivity contribution in [1.82, 2.24) is 39.1 Å². The predicted octanol–water partition coefficient (Wildman–Crippen LogP) is 13.2. The fourth-order valence-corrected chi connectivity index (χ4v) is 5.10. The molecule has 0 fully saturated rings. The van der Waals surface area contributed by atoms with Crippen molar-refractivity contribution < 1.29 is 16.6 Å². The van der Waals surface area contributed by atoms with Crippen LogP contribution in [0.2, 0.25) is 0 Å². The Morgan fingerprint density at radius 3 is 1.45 bits per heavy atom. The summed E-state index contributed by atoms with van der Waals surface area (Å²) in [5.41, 5.74) is 3.61. The molecule has 0 radical (unpaired) electrons. The van der Waals surface area contributed by atoms with Gasteiger partial charge < -0.3 is 9.47 Å². The Hall–Kier alpha value is -5.19. The maximum Gasteiger partial charge on any atom is 0.123 e. The minimum atomic E-state index is -1.37. The van der Waals surface area contributed by atoms with Crippen molar-refractivity contribution in [2.24, 2.45) is 23.7 Å². The molecule has 6 aromatic rings. The average Bonchev–Trinajstić information content (AvgIpc) is 4.05. The van der Waals surface area contributed by atoms with Crippen LogP contribution in [0.15, 0.2) is 110 Å². The second kappa shape index (κ2) is 33.4. The topological polar surface area (TPSA) is 89.7 Å². The molecule has 11 heteroatoms. The zero-order valence-electron chi connectivity index (χ0n) is 43.2. The third kappa shape index (κ3) is 30.8. The zero-order valence-corrected chi connectivity index (χ0v) is 41.2.